The van der Waals surface area contributed by atoms with Gasteiger partial charge in [0.25, 0.3) is 11.8 Å². The Labute approximate surface area is 217 Å². The molecule has 0 saturated heterocycles. The van der Waals surface area contributed by atoms with Gasteiger partial charge in [0.1, 0.15) is 18.1 Å². The average molecular weight is 507 g/mol. The van der Waals surface area contributed by atoms with Crippen molar-refractivity contribution in [2.75, 3.05) is 33.4 Å². The lowest BCUT2D eigenvalue weighted by molar-refractivity contribution is -0.136. The predicted molar refractivity (Wildman–Crippen MR) is 141 cm³/mol. The Balaban J connectivity index is 1.58. The quantitative estimate of drug-likeness (QED) is 0.483. The molecule has 0 N–H and O–H groups in total. The largest absolute Gasteiger partial charge is 0.491 e. The molecule has 6 nitrogen and oxygen atoms in total. The van der Waals surface area contributed by atoms with Gasteiger partial charge >= 0.3 is 0 Å². The van der Waals surface area contributed by atoms with E-state index in [1.165, 1.54) is 0 Å². The highest BCUT2D eigenvalue weighted by molar-refractivity contribution is 6.30. The van der Waals surface area contributed by atoms with E-state index in [0.717, 1.165) is 18.4 Å². The van der Waals surface area contributed by atoms with Crippen LogP contribution >= 0.6 is 11.6 Å². The van der Waals surface area contributed by atoms with Crippen molar-refractivity contribution in [1.82, 2.24) is 9.80 Å². The number of nitrogens with zero attached hydrogens (tertiary/aromatic N) is 2. The minimum absolute atomic E-state index is 0.0601. The second-order valence-corrected chi connectivity index (χ2v) is 9.35. The summed E-state index contributed by atoms with van der Waals surface area (Å²) in [6.07, 6.45) is 2.17. The second kappa shape index (κ2) is 12.5. The van der Waals surface area contributed by atoms with Crippen LogP contribution in [-0.4, -0.2) is 61.0 Å². The molecule has 1 aliphatic heterocycles. The fourth-order valence-corrected chi connectivity index (χ4v) is 4.43. The Bertz CT molecular complexity index is 1150. The number of hydrogen-bond donors (Lipinski definition) is 0. The number of amides is 2. The van der Waals surface area contributed by atoms with Crippen LogP contribution < -0.4 is 9.47 Å². The highest BCUT2D eigenvalue weighted by Gasteiger charge is 2.27. The van der Waals surface area contributed by atoms with E-state index in [1.807, 2.05) is 41.3 Å². The normalized spacial score (nSPS) is 16.8. The molecule has 0 spiro atoms. The minimum atomic E-state index is -0.228. The van der Waals surface area contributed by atoms with Gasteiger partial charge in [-0.05, 0) is 61.2 Å². The van der Waals surface area contributed by atoms with Gasteiger partial charge < -0.3 is 19.3 Å². The number of halogens is 1. The zero-order valence-electron chi connectivity index (χ0n) is 20.4. The lowest BCUT2D eigenvalue weighted by Gasteiger charge is -2.33. The number of carbonyl (C=O) groups is 2. The molecule has 188 valence electrons. The van der Waals surface area contributed by atoms with E-state index >= 15 is 0 Å². The van der Waals surface area contributed by atoms with Crippen molar-refractivity contribution in [3.63, 3.8) is 0 Å². The molecule has 0 saturated carbocycles. The lowest BCUT2D eigenvalue weighted by atomic mass is 10.0. The molecule has 3 aromatic carbocycles. The lowest BCUT2D eigenvalue weighted by Crippen LogP contribution is -2.47. The first-order valence-electron chi connectivity index (χ1n) is 12.2. The molecular weight excluding hydrogens is 476 g/mol. The van der Waals surface area contributed by atoms with Gasteiger partial charge in [-0.15, -0.1) is 0 Å². The minimum Gasteiger partial charge on any atom is -0.491 e. The first-order valence-corrected chi connectivity index (χ1v) is 12.6. The maximum absolute atomic E-state index is 13.5. The molecule has 4 rings (SSSR count). The molecule has 0 unspecified atom stereocenters. The summed E-state index contributed by atoms with van der Waals surface area (Å²) in [6, 6.07) is 24.1. The Morgan fingerprint density at radius 2 is 1.67 bits per heavy atom. The van der Waals surface area contributed by atoms with Crippen LogP contribution in [0.3, 0.4) is 0 Å². The van der Waals surface area contributed by atoms with Gasteiger partial charge in [-0.2, -0.15) is 0 Å². The molecule has 1 heterocycles. The van der Waals surface area contributed by atoms with Gasteiger partial charge in [-0.1, -0.05) is 54.1 Å². The smallest absolute Gasteiger partial charge is 0.260 e. The highest BCUT2D eigenvalue weighted by Crippen LogP contribution is 2.23. The maximum Gasteiger partial charge on any atom is 0.260 e. The predicted octanol–water partition coefficient (Wildman–Crippen LogP) is 5.10. The van der Waals surface area contributed by atoms with E-state index in [4.69, 9.17) is 21.1 Å². The first kappa shape index (κ1) is 25.6. The molecule has 1 aliphatic rings. The van der Waals surface area contributed by atoms with Crippen LogP contribution in [0.2, 0.25) is 5.02 Å². The molecule has 0 bridgehead atoms. The fourth-order valence-electron chi connectivity index (χ4n) is 4.31. The van der Waals surface area contributed by atoms with Gasteiger partial charge in [-0.25, -0.2) is 0 Å². The summed E-state index contributed by atoms with van der Waals surface area (Å²) in [7, 11) is 1.80. The van der Waals surface area contributed by atoms with Crippen molar-refractivity contribution in [2.24, 2.45) is 0 Å². The number of para-hydroxylation sites is 1. The Hall–Kier alpha value is -3.51. The van der Waals surface area contributed by atoms with Crippen LogP contribution in [0, 0.1) is 0 Å². The topological polar surface area (TPSA) is 59.1 Å². The summed E-state index contributed by atoms with van der Waals surface area (Å²) in [5.41, 5.74) is 1.64. The third-order valence-electron chi connectivity index (χ3n) is 6.29. The molecule has 0 radical (unpaired) electrons. The van der Waals surface area contributed by atoms with E-state index in [0.29, 0.717) is 41.6 Å². The van der Waals surface area contributed by atoms with Crippen molar-refractivity contribution in [2.45, 2.75) is 25.3 Å². The average Bonchev–Trinajstić information content (AvgIpc) is 2.90. The van der Waals surface area contributed by atoms with Gasteiger partial charge in [-0.3, -0.25) is 9.59 Å². The van der Waals surface area contributed by atoms with Gasteiger partial charge in [0.05, 0.1) is 11.6 Å². The number of hydrogen-bond acceptors (Lipinski definition) is 4. The highest BCUT2D eigenvalue weighted by atomic mass is 35.5. The molecule has 0 aliphatic carbocycles. The molecule has 36 heavy (non-hydrogen) atoms. The van der Waals surface area contributed by atoms with Crippen molar-refractivity contribution in [3.05, 3.63) is 95.0 Å². The van der Waals surface area contributed by atoms with Crippen molar-refractivity contribution in [1.29, 1.82) is 0 Å². The summed E-state index contributed by atoms with van der Waals surface area (Å²) in [5.74, 6) is 0.948. The standard InChI is InChI=1S/C29H31ClN2O4/c1-31-17-7-8-18-32(28(33)21-35-25-15-13-23(30)14-16-25)24(19-22-9-3-2-4-10-22)20-36-27-12-6-5-11-26(27)29(31)34/h2-6,9-16,24H,7-8,17-21H2,1H3/t24-/m1/s1. The zero-order chi connectivity index (χ0) is 25.3. The van der Waals surface area contributed by atoms with Crippen LogP contribution in [0.4, 0.5) is 0 Å². The Morgan fingerprint density at radius 3 is 2.44 bits per heavy atom. The van der Waals surface area contributed by atoms with Crippen molar-refractivity contribution >= 4 is 23.4 Å². The molecule has 3 aromatic rings. The first-order chi connectivity index (χ1) is 17.5. The molecule has 0 aromatic heterocycles. The van der Waals surface area contributed by atoms with E-state index in [1.54, 1.807) is 42.3 Å². The number of ether oxygens (including phenoxy) is 2. The summed E-state index contributed by atoms with van der Waals surface area (Å²) >= 11 is 5.97. The number of fused-ring (bicyclic) bond motifs is 1. The fraction of sp³-hybridized carbons (Fsp3) is 0.310. The van der Waals surface area contributed by atoms with E-state index in [9.17, 15) is 9.59 Å². The van der Waals surface area contributed by atoms with Crippen molar-refractivity contribution in [3.8, 4) is 11.5 Å². The van der Waals surface area contributed by atoms with Crippen LogP contribution in [0.25, 0.3) is 0 Å². The summed E-state index contributed by atoms with van der Waals surface area (Å²) in [5, 5.41) is 0.612. The van der Waals surface area contributed by atoms with Crippen LogP contribution in [-0.2, 0) is 11.2 Å². The SMILES string of the molecule is CN1CCCCN(C(=O)COc2ccc(Cl)cc2)[C@H](Cc2ccccc2)COc2ccccc2C1=O. The van der Waals surface area contributed by atoms with Gasteiger partial charge in [0.2, 0.25) is 0 Å². The van der Waals surface area contributed by atoms with Gasteiger partial charge in [0.15, 0.2) is 6.61 Å². The summed E-state index contributed by atoms with van der Waals surface area (Å²) in [6.45, 7) is 1.32. The van der Waals surface area contributed by atoms with Crippen LogP contribution in [0.1, 0.15) is 28.8 Å². The Morgan fingerprint density at radius 1 is 0.972 bits per heavy atom. The van der Waals surface area contributed by atoms with Crippen molar-refractivity contribution < 1.29 is 19.1 Å². The van der Waals surface area contributed by atoms with E-state index in [-0.39, 0.29) is 31.1 Å². The monoisotopic (exact) mass is 506 g/mol. The second-order valence-electron chi connectivity index (χ2n) is 8.91. The van der Waals surface area contributed by atoms with Crippen LogP contribution in [0.5, 0.6) is 11.5 Å². The van der Waals surface area contributed by atoms with E-state index < -0.39 is 0 Å². The van der Waals surface area contributed by atoms with E-state index in [2.05, 4.69) is 12.1 Å². The molecule has 7 heteroatoms. The number of carbonyl (C=O) groups excluding carboxylic acids is 2. The van der Waals surface area contributed by atoms with Crippen LogP contribution in [0.15, 0.2) is 78.9 Å². The molecular formula is C29H31ClN2O4. The molecule has 1 atom stereocenters. The maximum atomic E-state index is 13.5. The summed E-state index contributed by atoms with van der Waals surface area (Å²) < 4.78 is 12.0. The number of rotatable bonds is 5. The Kier molecular flexibility index (Phi) is 8.85. The third-order valence-corrected chi connectivity index (χ3v) is 6.54. The molecule has 0 fully saturated rings. The number of benzene rings is 3. The summed E-state index contributed by atoms with van der Waals surface area (Å²) in [4.78, 5) is 30.0. The third kappa shape index (κ3) is 6.79. The van der Waals surface area contributed by atoms with Gasteiger partial charge in [0, 0.05) is 25.2 Å². The zero-order valence-corrected chi connectivity index (χ0v) is 21.2. The molecule has 2 amide bonds.